The topological polar surface area (TPSA) is 68.0 Å². The van der Waals surface area contributed by atoms with Gasteiger partial charge in [0.2, 0.25) is 5.91 Å². The summed E-state index contributed by atoms with van der Waals surface area (Å²) in [4.78, 5) is 15.8. The van der Waals surface area contributed by atoms with Gasteiger partial charge in [-0.15, -0.1) is 0 Å². The lowest BCUT2D eigenvalue weighted by Crippen LogP contribution is -2.24. The first-order valence-electron chi connectivity index (χ1n) is 8.60. The second kappa shape index (κ2) is 8.41. The summed E-state index contributed by atoms with van der Waals surface area (Å²) in [7, 11) is 0. The zero-order chi connectivity index (χ0) is 21.1. The van der Waals surface area contributed by atoms with Crippen LogP contribution in [0.4, 0.5) is 23.2 Å². The van der Waals surface area contributed by atoms with Gasteiger partial charge in [0.1, 0.15) is 11.5 Å². The van der Waals surface area contributed by atoms with Crippen molar-refractivity contribution in [2.45, 2.75) is 38.9 Å². The minimum absolute atomic E-state index is 0.0122. The van der Waals surface area contributed by atoms with E-state index in [1.54, 1.807) is 26.8 Å². The van der Waals surface area contributed by atoms with Crippen LogP contribution in [0.1, 0.15) is 55.2 Å². The predicted octanol–water partition coefficient (Wildman–Crippen LogP) is 4.84. The van der Waals surface area contributed by atoms with E-state index in [9.17, 15) is 22.4 Å². The number of rotatable bonds is 5. The number of alkyl halides is 3. The number of anilines is 1. The van der Waals surface area contributed by atoms with E-state index in [1.807, 2.05) is 0 Å². The van der Waals surface area contributed by atoms with Gasteiger partial charge >= 0.3 is 6.18 Å². The van der Waals surface area contributed by atoms with Gasteiger partial charge < -0.3 is 11.1 Å². The largest absolute Gasteiger partial charge is 0.433 e. The Hall–Kier alpha value is -2.90. The number of carbonyl (C=O) groups is 1. The minimum atomic E-state index is -4.53. The molecule has 0 fully saturated rings. The highest BCUT2D eigenvalue weighted by atomic mass is 19.4. The van der Waals surface area contributed by atoms with Gasteiger partial charge in [0.15, 0.2) is 0 Å². The van der Waals surface area contributed by atoms with Crippen molar-refractivity contribution in [1.29, 1.82) is 0 Å². The summed E-state index contributed by atoms with van der Waals surface area (Å²) in [6.07, 6.45) is -1.92. The summed E-state index contributed by atoms with van der Waals surface area (Å²) in [5.41, 5.74) is 5.66. The molecule has 4 nitrogen and oxygen atoms in total. The molecule has 1 aromatic heterocycles. The number of aromatic nitrogens is 1. The molecule has 0 unspecified atom stereocenters. The number of nitrogen functional groups attached to an aromatic ring is 1. The number of carbonyl (C=O) groups excluding carboxylic acids is 1. The maximum absolute atomic E-state index is 13.5. The van der Waals surface area contributed by atoms with Crippen molar-refractivity contribution in [2.75, 3.05) is 5.73 Å². The Bertz CT molecular complexity index is 892. The highest BCUT2D eigenvalue weighted by Crippen LogP contribution is 2.30. The molecular weight excluding hydrogens is 374 g/mol. The first-order valence-corrected chi connectivity index (χ1v) is 8.60. The van der Waals surface area contributed by atoms with Crippen LogP contribution in [0.5, 0.6) is 0 Å². The fraction of sp³-hybridized carbons (Fsp3) is 0.300. The molecule has 8 heteroatoms. The molecule has 1 amide bonds. The number of pyridine rings is 1. The van der Waals surface area contributed by atoms with Crippen molar-refractivity contribution in [3.8, 4) is 0 Å². The third-order valence-electron chi connectivity index (χ3n) is 4.09. The SMILES string of the molecule is CC(C)c1nc(C(F)(F)F)ccc1/C=C/C(=O)N[C@H](C)c1ccc(N)c(F)c1. The molecule has 3 N–H and O–H groups in total. The second-order valence-electron chi connectivity index (χ2n) is 6.67. The highest BCUT2D eigenvalue weighted by Gasteiger charge is 2.33. The highest BCUT2D eigenvalue weighted by molar-refractivity contribution is 5.92. The van der Waals surface area contributed by atoms with Crippen LogP contribution in [-0.4, -0.2) is 10.9 Å². The molecule has 150 valence electrons. The van der Waals surface area contributed by atoms with Crippen LogP contribution >= 0.6 is 0 Å². The Labute approximate surface area is 160 Å². The molecule has 0 saturated heterocycles. The zero-order valence-corrected chi connectivity index (χ0v) is 15.6. The van der Waals surface area contributed by atoms with Gasteiger partial charge in [0.25, 0.3) is 0 Å². The van der Waals surface area contributed by atoms with Gasteiger partial charge in [-0.25, -0.2) is 9.37 Å². The lowest BCUT2D eigenvalue weighted by molar-refractivity contribution is -0.141. The summed E-state index contributed by atoms with van der Waals surface area (Å²) < 4.78 is 52.1. The molecule has 0 aliphatic rings. The maximum Gasteiger partial charge on any atom is 0.433 e. The monoisotopic (exact) mass is 395 g/mol. The summed E-state index contributed by atoms with van der Waals surface area (Å²) in [5.74, 6) is -1.31. The molecule has 28 heavy (non-hydrogen) atoms. The average Bonchev–Trinajstić information content (AvgIpc) is 2.61. The van der Waals surface area contributed by atoms with E-state index in [0.717, 1.165) is 6.07 Å². The quantitative estimate of drug-likeness (QED) is 0.433. The minimum Gasteiger partial charge on any atom is -0.396 e. The summed E-state index contributed by atoms with van der Waals surface area (Å²) in [6.45, 7) is 5.12. The Kier molecular flexibility index (Phi) is 6.43. The van der Waals surface area contributed by atoms with Crippen molar-refractivity contribution in [3.05, 3.63) is 64.7 Å². The lowest BCUT2D eigenvalue weighted by atomic mass is 10.0. The van der Waals surface area contributed by atoms with Crippen molar-refractivity contribution < 1.29 is 22.4 Å². The molecule has 2 rings (SSSR count). The Balaban J connectivity index is 2.16. The number of nitrogens with two attached hydrogens (primary N) is 1. The first-order chi connectivity index (χ1) is 13.0. The van der Waals surface area contributed by atoms with Crippen LogP contribution in [0.15, 0.2) is 36.4 Å². The number of amides is 1. The molecule has 1 atom stereocenters. The van der Waals surface area contributed by atoms with Crippen LogP contribution in [0.2, 0.25) is 0 Å². The zero-order valence-electron chi connectivity index (χ0n) is 15.6. The van der Waals surface area contributed by atoms with Crippen LogP contribution in [0, 0.1) is 5.82 Å². The standard InChI is InChI=1S/C20H21F4N3O/c1-11(2)19-13(5-8-17(27-19)20(22,23)24)6-9-18(28)26-12(3)14-4-7-16(25)15(21)10-14/h4-12H,25H2,1-3H3,(H,26,28)/b9-6+/t12-/m1/s1. The van der Waals surface area contributed by atoms with E-state index < -0.39 is 29.6 Å². The molecular formula is C20H21F4N3O. The van der Waals surface area contributed by atoms with Crippen LogP contribution in [0.3, 0.4) is 0 Å². The van der Waals surface area contributed by atoms with Gasteiger partial charge in [-0.1, -0.05) is 26.0 Å². The number of benzene rings is 1. The van der Waals surface area contributed by atoms with Gasteiger partial charge in [-0.2, -0.15) is 13.2 Å². The molecule has 0 spiro atoms. The molecule has 0 aliphatic heterocycles. The molecule has 0 radical (unpaired) electrons. The van der Waals surface area contributed by atoms with Crippen LogP contribution < -0.4 is 11.1 Å². The predicted molar refractivity (Wildman–Crippen MR) is 99.7 cm³/mol. The van der Waals surface area contributed by atoms with Gasteiger partial charge in [-0.3, -0.25) is 4.79 Å². The van der Waals surface area contributed by atoms with Crippen molar-refractivity contribution in [3.63, 3.8) is 0 Å². The number of hydrogen-bond donors (Lipinski definition) is 2. The summed E-state index contributed by atoms with van der Waals surface area (Å²) in [6, 6.07) is 5.93. The van der Waals surface area contributed by atoms with Crippen molar-refractivity contribution >= 4 is 17.7 Å². The van der Waals surface area contributed by atoms with E-state index in [2.05, 4.69) is 10.3 Å². The number of nitrogens with one attached hydrogen (secondary N) is 1. The first kappa shape index (κ1) is 21.4. The molecule has 0 aliphatic carbocycles. The van der Waals surface area contributed by atoms with E-state index in [4.69, 9.17) is 5.73 Å². The average molecular weight is 395 g/mol. The normalized spacial score (nSPS) is 13.1. The summed E-state index contributed by atoms with van der Waals surface area (Å²) >= 11 is 0. The van der Waals surface area contributed by atoms with E-state index in [-0.39, 0.29) is 17.3 Å². The third-order valence-corrected chi connectivity index (χ3v) is 4.09. The lowest BCUT2D eigenvalue weighted by Gasteiger charge is -2.14. The van der Waals surface area contributed by atoms with Gasteiger partial charge in [0, 0.05) is 6.08 Å². The van der Waals surface area contributed by atoms with Gasteiger partial charge in [0.05, 0.1) is 17.4 Å². The molecule has 2 aromatic rings. The van der Waals surface area contributed by atoms with E-state index >= 15 is 0 Å². The molecule has 1 heterocycles. The van der Waals surface area contributed by atoms with E-state index in [1.165, 1.54) is 30.4 Å². The number of halogens is 4. The van der Waals surface area contributed by atoms with Crippen molar-refractivity contribution in [2.24, 2.45) is 0 Å². The summed E-state index contributed by atoms with van der Waals surface area (Å²) in [5, 5.41) is 2.66. The fourth-order valence-electron chi connectivity index (χ4n) is 2.57. The maximum atomic E-state index is 13.5. The second-order valence-corrected chi connectivity index (χ2v) is 6.67. The molecule has 0 saturated carbocycles. The number of hydrogen-bond acceptors (Lipinski definition) is 3. The van der Waals surface area contributed by atoms with Crippen LogP contribution in [0.25, 0.3) is 6.08 Å². The Morgan fingerprint density at radius 3 is 2.43 bits per heavy atom. The van der Waals surface area contributed by atoms with E-state index in [0.29, 0.717) is 11.1 Å². The molecule has 1 aromatic carbocycles. The third kappa shape index (κ3) is 5.31. The Morgan fingerprint density at radius 2 is 1.86 bits per heavy atom. The van der Waals surface area contributed by atoms with Crippen molar-refractivity contribution in [1.82, 2.24) is 10.3 Å². The molecule has 0 bridgehead atoms. The fourth-order valence-corrected chi connectivity index (χ4v) is 2.57. The van der Waals surface area contributed by atoms with Gasteiger partial charge in [-0.05, 0) is 48.2 Å². The Morgan fingerprint density at radius 1 is 1.18 bits per heavy atom. The van der Waals surface area contributed by atoms with Crippen LogP contribution in [-0.2, 0) is 11.0 Å². The number of nitrogens with zero attached hydrogens (tertiary/aromatic N) is 1. The smallest absolute Gasteiger partial charge is 0.396 e.